The number of fused-ring (bicyclic) bond motifs is 18. The molecule has 10 aromatic carbocycles. The van der Waals surface area contributed by atoms with Gasteiger partial charge in [-0.25, -0.2) is 0 Å². The fourth-order valence-electron chi connectivity index (χ4n) is 11.3. The third-order valence-corrected chi connectivity index (χ3v) is 14.8. The lowest BCUT2D eigenvalue weighted by molar-refractivity contribution is 0.796. The standard InChI is InChI=1S/C58H33NS/c1-2-13-35-30-36(24-23-34(35)12-1)55-40-16-3-5-18-42(40)56(43-19-6-4-17-41(43)55)37-25-26-44-50(31-37)58(49-27-28-52-45(57(44)49)20-11-29-59-52)48-21-9-7-14-38(48)46-33-54-47(32-51(46)58)39-15-8-10-22-53(39)60-54/h1-33H. The van der Waals surface area contributed by atoms with Gasteiger partial charge in [-0.1, -0.05) is 152 Å². The number of aromatic nitrogens is 1. The molecule has 0 saturated carbocycles. The molecule has 0 radical (unpaired) electrons. The number of thiophene rings is 1. The number of benzene rings is 10. The second-order valence-corrected chi connectivity index (χ2v) is 17.6. The van der Waals surface area contributed by atoms with Gasteiger partial charge in [-0.05, 0) is 142 Å². The van der Waals surface area contributed by atoms with E-state index in [1.807, 2.05) is 17.5 Å². The Bertz CT molecular complexity index is 3790. The van der Waals surface area contributed by atoms with E-state index in [0.717, 1.165) is 5.52 Å². The first-order valence-corrected chi connectivity index (χ1v) is 21.6. The number of hydrogen-bond donors (Lipinski definition) is 0. The van der Waals surface area contributed by atoms with E-state index in [4.69, 9.17) is 4.98 Å². The average molecular weight is 776 g/mol. The van der Waals surface area contributed by atoms with Crippen molar-refractivity contribution in [3.8, 4) is 44.5 Å². The van der Waals surface area contributed by atoms with Crippen molar-refractivity contribution in [2.24, 2.45) is 0 Å². The molecule has 12 aromatic rings. The van der Waals surface area contributed by atoms with Gasteiger partial charge in [0.05, 0.1) is 10.9 Å². The molecule has 0 amide bonds. The number of pyridine rings is 1. The number of rotatable bonds is 2. The summed E-state index contributed by atoms with van der Waals surface area (Å²) in [7, 11) is 0. The van der Waals surface area contributed by atoms with Crippen LogP contribution in [0.15, 0.2) is 200 Å². The minimum absolute atomic E-state index is 0.523. The van der Waals surface area contributed by atoms with Crippen LogP contribution < -0.4 is 0 Å². The minimum atomic E-state index is -0.523. The predicted octanol–water partition coefficient (Wildman–Crippen LogP) is 15.7. The maximum Gasteiger partial charge on any atom is 0.0726 e. The Morgan fingerprint density at radius 2 is 0.967 bits per heavy atom. The van der Waals surface area contributed by atoms with Gasteiger partial charge in [-0.15, -0.1) is 11.3 Å². The van der Waals surface area contributed by atoms with Crippen LogP contribution in [0.2, 0.25) is 0 Å². The van der Waals surface area contributed by atoms with E-state index in [9.17, 15) is 0 Å². The molecular weight excluding hydrogens is 743 g/mol. The highest BCUT2D eigenvalue weighted by atomic mass is 32.1. The average Bonchev–Trinajstić information content (AvgIpc) is 3.93. The van der Waals surface area contributed by atoms with Gasteiger partial charge in [0.15, 0.2) is 0 Å². The SMILES string of the molecule is c1ccc2c(c1)-c1cc3sc4ccccc4c3cc1C21c2cc(-c3c4ccccc4c(-c4ccc5ccccc5c4)c4ccccc34)ccc2-c2c1ccc1ncccc21. The Morgan fingerprint density at radius 3 is 1.77 bits per heavy atom. The van der Waals surface area contributed by atoms with Crippen LogP contribution in [0.25, 0.3) is 108 Å². The van der Waals surface area contributed by atoms with E-state index in [1.165, 1.54) is 125 Å². The molecule has 1 nitrogen and oxygen atoms in total. The van der Waals surface area contributed by atoms with Gasteiger partial charge < -0.3 is 0 Å². The van der Waals surface area contributed by atoms with E-state index >= 15 is 0 Å². The Hall–Kier alpha value is -7.39. The Morgan fingerprint density at radius 1 is 0.333 bits per heavy atom. The maximum atomic E-state index is 4.89. The number of hydrogen-bond acceptors (Lipinski definition) is 2. The molecule has 2 aromatic heterocycles. The zero-order valence-electron chi connectivity index (χ0n) is 32.4. The third-order valence-electron chi connectivity index (χ3n) is 13.7. The van der Waals surface area contributed by atoms with Crippen LogP contribution in [0.5, 0.6) is 0 Å². The van der Waals surface area contributed by atoms with Crippen LogP contribution >= 0.6 is 11.3 Å². The molecule has 0 saturated heterocycles. The normalized spacial score (nSPS) is 15.1. The van der Waals surface area contributed by atoms with Crippen molar-refractivity contribution in [2.45, 2.75) is 5.41 Å². The molecule has 1 spiro atoms. The highest BCUT2D eigenvalue weighted by Gasteiger charge is 2.52. The molecule has 1 atom stereocenters. The van der Waals surface area contributed by atoms with Crippen LogP contribution in [-0.2, 0) is 5.41 Å². The van der Waals surface area contributed by atoms with E-state index in [0.29, 0.717) is 0 Å². The smallest absolute Gasteiger partial charge is 0.0726 e. The summed E-state index contributed by atoms with van der Waals surface area (Å²) in [6.07, 6.45) is 1.92. The first-order chi connectivity index (χ1) is 29.8. The Balaban J connectivity index is 1.11. The molecule has 2 aliphatic rings. The number of nitrogens with zero attached hydrogens (tertiary/aromatic N) is 1. The van der Waals surface area contributed by atoms with Gasteiger partial charge in [0.1, 0.15) is 0 Å². The summed E-state index contributed by atoms with van der Waals surface area (Å²) in [6, 6.07) is 73.2. The maximum absolute atomic E-state index is 4.89. The third kappa shape index (κ3) is 4.13. The fraction of sp³-hybridized carbons (Fsp3) is 0.0172. The van der Waals surface area contributed by atoms with Crippen molar-refractivity contribution in [2.75, 3.05) is 0 Å². The Labute approximate surface area is 350 Å². The van der Waals surface area contributed by atoms with Gasteiger partial charge in [-0.2, -0.15) is 0 Å². The zero-order valence-corrected chi connectivity index (χ0v) is 33.2. The minimum Gasteiger partial charge on any atom is -0.256 e. The molecule has 0 bridgehead atoms. The summed E-state index contributed by atoms with van der Waals surface area (Å²) in [5.41, 5.74) is 16.1. The van der Waals surface area contributed by atoms with Gasteiger partial charge in [0.2, 0.25) is 0 Å². The summed E-state index contributed by atoms with van der Waals surface area (Å²) >= 11 is 1.90. The van der Waals surface area contributed by atoms with Gasteiger partial charge in [0, 0.05) is 31.8 Å². The summed E-state index contributed by atoms with van der Waals surface area (Å²) < 4.78 is 2.66. The van der Waals surface area contributed by atoms with Crippen molar-refractivity contribution in [1.82, 2.24) is 4.98 Å². The molecule has 2 heterocycles. The summed E-state index contributed by atoms with van der Waals surface area (Å²) in [5, 5.41) is 11.4. The predicted molar refractivity (Wildman–Crippen MR) is 254 cm³/mol. The van der Waals surface area contributed by atoms with Crippen LogP contribution in [0, 0.1) is 0 Å². The lowest BCUT2D eigenvalue weighted by Gasteiger charge is -2.31. The molecule has 2 aliphatic carbocycles. The Kier molecular flexibility index (Phi) is 6.43. The van der Waals surface area contributed by atoms with Crippen molar-refractivity contribution in [1.29, 1.82) is 0 Å². The van der Waals surface area contributed by atoms with Crippen LogP contribution in [-0.4, -0.2) is 4.98 Å². The summed E-state index contributed by atoms with van der Waals surface area (Å²) in [5.74, 6) is 0. The molecule has 14 rings (SSSR count). The van der Waals surface area contributed by atoms with Crippen molar-refractivity contribution < 1.29 is 0 Å². The first kappa shape index (κ1) is 32.6. The lowest BCUT2D eigenvalue weighted by Crippen LogP contribution is -2.26. The molecule has 0 N–H and O–H groups in total. The first-order valence-electron chi connectivity index (χ1n) is 20.8. The molecular formula is C58H33NS. The van der Waals surface area contributed by atoms with Crippen molar-refractivity contribution in [3.63, 3.8) is 0 Å². The van der Waals surface area contributed by atoms with E-state index in [-0.39, 0.29) is 0 Å². The molecule has 60 heavy (non-hydrogen) atoms. The monoisotopic (exact) mass is 775 g/mol. The molecule has 0 aliphatic heterocycles. The fourth-order valence-corrected chi connectivity index (χ4v) is 12.4. The van der Waals surface area contributed by atoms with Crippen LogP contribution in [0.1, 0.15) is 22.3 Å². The summed E-state index contributed by atoms with van der Waals surface area (Å²) in [4.78, 5) is 4.89. The summed E-state index contributed by atoms with van der Waals surface area (Å²) in [6.45, 7) is 0. The zero-order chi connectivity index (χ0) is 39.1. The van der Waals surface area contributed by atoms with Gasteiger partial charge >= 0.3 is 0 Å². The topological polar surface area (TPSA) is 12.9 Å². The van der Waals surface area contributed by atoms with Crippen molar-refractivity contribution >= 4 is 74.7 Å². The second kappa shape index (κ2) is 11.9. The van der Waals surface area contributed by atoms with Gasteiger partial charge in [0.25, 0.3) is 0 Å². The lowest BCUT2D eigenvalue weighted by atomic mass is 9.70. The van der Waals surface area contributed by atoms with Gasteiger partial charge in [-0.3, -0.25) is 4.98 Å². The highest BCUT2D eigenvalue weighted by molar-refractivity contribution is 7.25. The highest BCUT2D eigenvalue weighted by Crippen LogP contribution is 2.65. The van der Waals surface area contributed by atoms with Crippen LogP contribution in [0.4, 0.5) is 0 Å². The molecule has 276 valence electrons. The van der Waals surface area contributed by atoms with E-state index in [2.05, 4.69) is 194 Å². The largest absolute Gasteiger partial charge is 0.256 e. The molecule has 0 fully saturated rings. The van der Waals surface area contributed by atoms with E-state index in [1.54, 1.807) is 0 Å². The van der Waals surface area contributed by atoms with Crippen LogP contribution in [0.3, 0.4) is 0 Å². The molecule has 2 heteroatoms. The van der Waals surface area contributed by atoms with Crippen molar-refractivity contribution in [3.05, 3.63) is 223 Å². The molecule has 1 unspecified atom stereocenters. The second-order valence-electron chi connectivity index (χ2n) is 16.5. The van der Waals surface area contributed by atoms with E-state index < -0.39 is 5.41 Å². The quantitative estimate of drug-likeness (QED) is 0.159.